The van der Waals surface area contributed by atoms with E-state index in [0.717, 1.165) is 16.9 Å². The van der Waals surface area contributed by atoms with Gasteiger partial charge in [-0.15, -0.1) is 0 Å². The van der Waals surface area contributed by atoms with Crippen LogP contribution < -0.4 is 11.1 Å². The van der Waals surface area contributed by atoms with Crippen molar-refractivity contribution in [2.24, 2.45) is 18.7 Å². The molecule has 1 amide bonds. The highest BCUT2D eigenvalue weighted by Gasteiger charge is 2.22. The number of imidazole rings is 1. The van der Waals surface area contributed by atoms with Crippen molar-refractivity contribution in [1.82, 2.24) is 14.9 Å². The maximum absolute atomic E-state index is 13.8. The van der Waals surface area contributed by atoms with E-state index in [0.29, 0.717) is 18.5 Å². The smallest absolute Gasteiger partial charge is 0.224 e. The molecule has 3 N–H and O–H groups in total. The van der Waals surface area contributed by atoms with Crippen LogP contribution in [0.2, 0.25) is 0 Å². The summed E-state index contributed by atoms with van der Waals surface area (Å²) < 4.78 is 15.7. The number of aryl methyl sites for hydroxylation is 1. The van der Waals surface area contributed by atoms with E-state index >= 15 is 0 Å². The Morgan fingerprint density at radius 2 is 1.96 bits per heavy atom. The molecule has 2 aromatic carbocycles. The Bertz CT molecular complexity index is 907. The molecule has 1 aromatic heterocycles. The normalized spacial score (nSPS) is 13.5. The van der Waals surface area contributed by atoms with E-state index in [1.54, 1.807) is 6.07 Å². The molecular formula is C20H23FN4O. The number of fused-ring (bicyclic) bond motifs is 1. The molecule has 2 atom stereocenters. The molecule has 136 valence electrons. The number of para-hydroxylation sites is 1. The lowest BCUT2D eigenvalue weighted by Gasteiger charge is -2.19. The predicted molar refractivity (Wildman–Crippen MR) is 99.9 cm³/mol. The third-order valence-corrected chi connectivity index (χ3v) is 4.74. The topological polar surface area (TPSA) is 72.9 Å². The molecule has 26 heavy (non-hydrogen) atoms. The number of hydrogen-bond acceptors (Lipinski definition) is 3. The van der Waals surface area contributed by atoms with Crippen molar-refractivity contribution in [3.05, 3.63) is 65.7 Å². The Kier molecular flexibility index (Phi) is 5.32. The predicted octanol–water partition coefficient (Wildman–Crippen LogP) is 2.71. The summed E-state index contributed by atoms with van der Waals surface area (Å²) in [5.41, 5.74) is 8.23. The number of aromatic nitrogens is 2. The van der Waals surface area contributed by atoms with E-state index in [2.05, 4.69) is 10.3 Å². The van der Waals surface area contributed by atoms with Crippen LogP contribution in [0.4, 0.5) is 4.39 Å². The number of amides is 1. The number of nitrogens with zero attached hydrogens (tertiary/aromatic N) is 2. The molecule has 6 heteroatoms. The van der Waals surface area contributed by atoms with Gasteiger partial charge in [-0.1, -0.05) is 43.3 Å². The first-order chi connectivity index (χ1) is 12.5. The maximum atomic E-state index is 13.8. The molecule has 2 unspecified atom stereocenters. The average Bonchev–Trinajstić information content (AvgIpc) is 2.99. The summed E-state index contributed by atoms with van der Waals surface area (Å²) in [6, 6.07) is 14.1. The second-order valence-electron chi connectivity index (χ2n) is 6.46. The monoisotopic (exact) mass is 354 g/mol. The minimum atomic E-state index is -0.360. The number of nitrogens with two attached hydrogens (primary N) is 1. The highest BCUT2D eigenvalue weighted by molar-refractivity contribution is 5.79. The van der Waals surface area contributed by atoms with Crippen LogP contribution in [0.25, 0.3) is 11.0 Å². The molecule has 0 saturated carbocycles. The summed E-state index contributed by atoms with van der Waals surface area (Å²) in [5.74, 6) is -0.0668. The van der Waals surface area contributed by atoms with E-state index < -0.39 is 0 Å². The Balaban J connectivity index is 1.60. The molecule has 0 aliphatic heterocycles. The summed E-state index contributed by atoms with van der Waals surface area (Å²) in [5, 5.41) is 2.90. The van der Waals surface area contributed by atoms with Crippen LogP contribution in [0.1, 0.15) is 24.4 Å². The zero-order chi connectivity index (χ0) is 18.7. The molecule has 0 aliphatic carbocycles. The van der Waals surface area contributed by atoms with Crippen LogP contribution in [0.15, 0.2) is 48.5 Å². The molecule has 1 heterocycles. The fourth-order valence-corrected chi connectivity index (χ4v) is 3.04. The minimum absolute atomic E-state index is 0.105. The van der Waals surface area contributed by atoms with Gasteiger partial charge in [-0.05, 0) is 17.7 Å². The lowest BCUT2D eigenvalue weighted by Crippen LogP contribution is -2.36. The van der Waals surface area contributed by atoms with Crippen molar-refractivity contribution < 1.29 is 9.18 Å². The van der Waals surface area contributed by atoms with Crippen LogP contribution in [-0.4, -0.2) is 22.0 Å². The van der Waals surface area contributed by atoms with Crippen LogP contribution in [0.3, 0.4) is 0 Å². The van der Waals surface area contributed by atoms with E-state index in [1.807, 2.05) is 54.9 Å². The molecule has 3 aromatic rings. The van der Waals surface area contributed by atoms with Crippen molar-refractivity contribution in [2.45, 2.75) is 19.4 Å². The van der Waals surface area contributed by atoms with Crippen LogP contribution in [0, 0.1) is 11.7 Å². The molecule has 0 radical (unpaired) electrons. The van der Waals surface area contributed by atoms with Gasteiger partial charge in [0.05, 0.1) is 11.4 Å². The first-order valence-electron chi connectivity index (χ1n) is 8.67. The zero-order valence-electron chi connectivity index (χ0n) is 14.9. The number of carbonyl (C=O) groups is 1. The quantitative estimate of drug-likeness (QED) is 0.715. The molecule has 0 bridgehead atoms. The van der Waals surface area contributed by atoms with Gasteiger partial charge in [0.25, 0.3) is 0 Å². The first kappa shape index (κ1) is 18.1. The van der Waals surface area contributed by atoms with Crippen molar-refractivity contribution in [3.63, 3.8) is 0 Å². The largest absolute Gasteiger partial charge is 0.355 e. The third-order valence-electron chi connectivity index (χ3n) is 4.74. The van der Waals surface area contributed by atoms with Crippen LogP contribution in [-0.2, 0) is 18.3 Å². The van der Waals surface area contributed by atoms with Crippen molar-refractivity contribution >= 4 is 16.9 Å². The van der Waals surface area contributed by atoms with Gasteiger partial charge in [-0.3, -0.25) is 4.79 Å². The summed E-state index contributed by atoms with van der Waals surface area (Å²) in [7, 11) is 1.85. The Hall–Kier alpha value is -2.73. The Morgan fingerprint density at radius 1 is 1.23 bits per heavy atom. The highest BCUT2D eigenvalue weighted by atomic mass is 19.1. The van der Waals surface area contributed by atoms with E-state index in [-0.39, 0.29) is 23.7 Å². The van der Waals surface area contributed by atoms with E-state index in [9.17, 15) is 9.18 Å². The lowest BCUT2D eigenvalue weighted by molar-refractivity contribution is -0.125. The van der Waals surface area contributed by atoms with Gasteiger partial charge in [0.1, 0.15) is 11.3 Å². The van der Waals surface area contributed by atoms with Gasteiger partial charge < -0.3 is 15.6 Å². The summed E-state index contributed by atoms with van der Waals surface area (Å²) in [6.45, 7) is 2.24. The first-order valence-corrected chi connectivity index (χ1v) is 8.67. The van der Waals surface area contributed by atoms with Crippen molar-refractivity contribution in [3.8, 4) is 0 Å². The number of carbonyl (C=O) groups excluding carboxylic acids is 1. The van der Waals surface area contributed by atoms with Gasteiger partial charge in [0.15, 0.2) is 5.82 Å². The standard InChI is InChI=1S/C20H23FN4O/c1-13(18(22)14-7-4-3-5-8-14)20(26)23-12-11-17-24-19-15(21)9-6-10-16(19)25(17)2/h3-10,13,18H,11-12,22H2,1-2H3,(H,23,26). The molecule has 3 rings (SSSR count). The van der Waals surface area contributed by atoms with Gasteiger partial charge in [0, 0.05) is 26.1 Å². The highest BCUT2D eigenvalue weighted by Crippen LogP contribution is 2.20. The SMILES string of the molecule is CC(C(=O)NCCc1nc2c(F)cccc2n1C)C(N)c1ccccc1. The van der Waals surface area contributed by atoms with Gasteiger partial charge in [-0.2, -0.15) is 0 Å². The van der Waals surface area contributed by atoms with Gasteiger partial charge in [-0.25, -0.2) is 9.37 Å². The summed E-state index contributed by atoms with van der Waals surface area (Å²) in [4.78, 5) is 16.7. The second kappa shape index (κ2) is 7.66. The van der Waals surface area contributed by atoms with Gasteiger partial charge in [0.2, 0.25) is 5.91 Å². The lowest BCUT2D eigenvalue weighted by atomic mass is 9.95. The third kappa shape index (κ3) is 3.60. The second-order valence-corrected chi connectivity index (χ2v) is 6.46. The van der Waals surface area contributed by atoms with Crippen LogP contribution in [0.5, 0.6) is 0 Å². The fraction of sp³-hybridized carbons (Fsp3) is 0.300. The fourth-order valence-electron chi connectivity index (χ4n) is 3.04. The molecule has 0 aliphatic rings. The van der Waals surface area contributed by atoms with Crippen LogP contribution >= 0.6 is 0 Å². The number of hydrogen-bond donors (Lipinski definition) is 2. The zero-order valence-corrected chi connectivity index (χ0v) is 14.9. The molecular weight excluding hydrogens is 331 g/mol. The maximum Gasteiger partial charge on any atom is 0.224 e. The van der Waals surface area contributed by atoms with E-state index in [1.165, 1.54) is 6.07 Å². The summed E-state index contributed by atoms with van der Waals surface area (Å²) >= 11 is 0. The number of rotatable bonds is 6. The summed E-state index contributed by atoms with van der Waals surface area (Å²) in [6.07, 6.45) is 0.518. The molecule has 0 fully saturated rings. The molecule has 0 spiro atoms. The van der Waals surface area contributed by atoms with Gasteiger partial charge >= 0.3 is 0 Å². The van der Waals surface area contributed by atoms with E-state index in [4.69, 9.17) is 5.73 Å². The molecule has 5 nitrogen and oxygen atoms in total. The average molecular weight is 354 g/mol. The van der Waals surface area contributed by atoms with Crippen molar-refractivity contribution in [2.75, 3.05) is 6.54 Å². The molecule has 0 saturated heterocycles. The number of halogens is 1. The number of nitrogens with one attached hydrogen (secondary N) is 1. The Labute approximate surface area is 152 Å². The Morgan fingerprint density at radius 3 is 2.65 bits per heavy atom. The number of benzene rings is 2. The van der Waals surface area contributed by atoms with Crippen molar-refractivity contribution in [1.29, 1.82) is 0 Å². The minimum Gasteiger partial charge on any atom is -0.355 e.